The molecule has 18 heavy (non-hydrogen) atoms. The van der Waals surface area contributed by atoms with E-state index in [1.165, 1.54) is 0 Å². The molecule has 0 aliphatic carbocycles. The highest BCUT2D eigenvalue weighted by molar-refractivity contribution is 7.16. The van der Waals surface area contributed by atoms with Crippen LogP contribution in [0, 0.1) is 0 Å². The fraction of sp³-hybridized carbons (Fsp3) is 0.214. The highest BCUT2D eigenvalue weighted by Crippen LogP contribution is 2.39. The maximum absolute atomic E-state index is 11.5. The van der Waals surface area contributed by atoms with Gasteiger partial charge in [-0.2, -0.15) is 0 Å². The SMILES string of the molecule is CCCc1c(O)c2ccccc2c2oc(=O)sc12. The molecule has 0 amide bonds. The van der Waals surface area contributed by atoms with Gasteiger partial charge in [0.25, 0.3) is 0 Å². The van der Waals surface area contributed by atoms with Gasteiger partial charge in [-0.15, -0.1) is 0 Å². The molecule has 0 saturated heterocycles. The van der Waals surface area contributed by atoms with Gasteiger partial charge in [-0.1, -0.05) is 48.9 Å². The minimum atomic E-state index is -0.321. The van der Waals surface area contributed by atoms with Gasteiger partial charge in [0.15, 0.2) is 5.58 Å². The maximum Gasteiger partial charge on any atom is 0.396 e. The van der Waals surface area contributed by atoms with E-state index in [0.29, 0.717) is 5.58 Å². The van der Waals surface area contributed by atoms with Crippen LogP contribution in [0.25, 0.3) is 21.1 Å². The van der Waals surface area contributed by atoms with Crippen molar-refractivity contribution in [3.63, 3.8) is 0 Å². The zero-order chi connectivity index (χ0) is 12.7. The van der Waals surface area contributed by atoms with E-state index >= 15 is 0 Å². The van der Waals surface area contributed by atoms with Gasteiger partial charge >= 0.3 is 4.94 Å². The van der Waals surface area contributed by atoms with Crippen LogP contribution in [0.3, 0.4) is 0 Å². The molecule has 3 aromatic rings. The minimum absolute atomic E-state index is 0.275. The second-order valence-electron chi connectivity index (χ2n) is 4.24. The van der Waals surface area contributed by atoms with Crippen molar-refractivity contribution in [2.45, 2.75) is 19.8 Å². The van der Waals surface area contributed by atoms with Crippen molar-refractivity contribution in [2.24, 2.45) is 0 Å². The van der Waals surface area contributed by atoms with Crippen LogP contribution < -0.4 is 4.94 Å². The Hall–Kier alpha value is -1.81. The van der Waals surface area contributed by atoms with Crippen LogP contribution >= 0.6 is 11.3 Å². The summed E-state index contributed by atoms with van der Waals surface area (Å²) in [6.07, 6.45) is 1.65. The average Bonchev–Trinajstić information content (AvgIpc) is 2.76. The summed E-state index contributed by atoms with van der Waals surface area (Å²) in [6, 6.07) is 7.45. The summed E-state index contributed by atoms with van der Waals surface area (Å²) in [5.41, 5.74) is 1.42. The molecule has 0 radical (unpaired) electrons. The zero-order valence-electron chi connectivity index (χ0n) is 9.90. The van der Waals surface area contributed by atoms with Crippen molar-refractivity contribution in [1.29, 1.82) is 0 Å². The average molecular weight is 260 g/mol. The summed E-state index contributed by atoms with van der Waals surface area (Å²) in [7, 11) is 0. The van der Waals surface area contributed by atoms with E-state index in [-0.39, 0.29) is 10.7 Å². The molecule has 0 bridgehead atoms. The first kappa shape index (κ1) is 11.3. The second kappa shape index (κ2) is 4.14. The standard InChI is InChI=1S/C14H12O3S/c1-2-5-10-11(15)8-6-3-4-7-9(8)12-13(10)18-14(16)17-12/h3-4,6-7,15H,2,5H2,1H3. The van der Waals surface area contributed by atoms with Crippen molar-refractivity contribution in [3.05, 3.63) is 39.6 Å². The second-order valence-corrected chi connectivity index (χ2v) is 5.18. The molecular formula is C14H12O3S. The number of phenolic OH excluding ortho intramolecular Hbond substituents is 1. The zero-order valence-corrected chi connectivity index (χ0v) is 10.7. The highest BCUT2D eigenvalue weighted by atomic mass is 32.1. The van der Waals surface area contributed by atoms with Crippen molar-refractivity contribution < 1.29 is 9.52 Å². The minimum Gasteiger partial charge on any atom is -0.507 e. The summed E-state index contributed by atoms with van der Waals surface area (Å²) < 4.78 is 6.05. The van der Waals surface area contributed by atoms with Gasteiger partial charge in [0.2, 0.25) is 0 Å². The molecule has 1 N–H and O–H groups in total. The van der Waals surface area contributed by atoms with Crippen LogP contribution in [0.4, 0.5) is 0 Å². The number of hydrogen-bond acceptors (Lipinski definition) is 4. The molecule has 1 heterocycles. The number of rotatable bonds is 2. The molecule has 0 atom stereocenters. The Labute approximate surface area is 107 Å². The third-order valence-electron chi connectivity index (χ3n) is 3.06. The summed E-state index contributed by atoms with van der Waals surface area (Å²) in [5, 5.41) is 11.9. The molecule has 0 fully saturated rings. The van der Waals surface area contributed by atoms with Crippen LogP contribution in [0.2, 0.25) is 0 Å². The Morgan fingerprint density at radius 3 is 2.72 bits per heavy atom. The maximum atomic E-state index is 11.5. The smallest absolute Gasteiger partial charge is 0.396 e. The van der Waals surface area contributed by atoms with Gasteiger partial charge < -0.3 is 9.52 Å². The van der Waals surface area contributed by atoms with E-state index in [1.54, 1.807) is 0 Å². The van der Waals surface area contributed by atoms with E-state index in [4.69, 9.17) is 4.42 Å². The molecule has 1 aromatic heterocycles. The van der Waals surface area contributed by atoms with Gasteiger partial charge in [0, 0.05) is 16.3 Å². The molecule has 3 nitrogen and oxygen atoms in total. The lowest BCUT2D eigenvalue weighted by Gasteiger charge is -2.08. The summed E-state index contributed by atoms with van der Waals surface area (Å²) in [5.74, 6) is 0.275. The third-order valence-corrected chi connectivity index (χ3v) is 3.95. The Bertz CT molecular complexity index is 783. The number of aromatic hydroxyl groups is 1. The lowest BCUT2D eigenvalue weighted by molar-refractivity contribution is 0.475. The number of fused-ring (bicyclic) bond motifs is 3. The summed E-state index contributed by atoms with van der Waals surface area (Å²) >= 11 is 1.07. The van der Waals surface area contributed by atoms with E-state index in [9.17, 15) is 9.90 Å². The molecule has 3 rings (SSSR count). The predicted molar refractivity (Wildman–Crippen MR) is 73.5 cm³/mol. The van der Waals surface area contributed by atoms with Crippen molar-refractivity contribution in [2.75, 3.05) is 0 Å². The molecule has 0 aliphatic rings. The topological polar surface area (TPSA) is 50.4 Å². The highest BCUT2D eigenvalue weighted by Gasteiger charge is 2.17. The van der Waals surface area contributed by atoms with E-state index in [2.05, 4.69) is 0 Å². The lowest BCUT2D eigenvalue weighted by atomic mass is 10.0. The summed E-state index contributed by atoms with van der Waals surface area (Å²) in [6.45, 7) is 2.04. The van der Waals surface area contributed by atoms with E-state index in [0.717, 1.165) is 45.2 Å². The van der Waals surface area contributed by atoms with Crippen molar-refractivity contribution in [1.82, 2.24) is 0 Å². The first-order chi connectivity index (χ1) is 8.72. The first-order valence-electron chi connectivity index (χ1n) is 5.88. The van der Waals surface area contributed by atoms with Crippen molar-refractivity contribution in [3.8, 4) is 5.75 Å². The first-order valence-corrected chi connectivity index (χ1v) is 6.70. The molecule has 0 spiro atoms. The van der Waals surface area contributed by atoms with Crippen LogP contribution in [0.15, 0.2) is 33.5 Å². The third kappa shape index (κ3) is 1.53. The number of phenols is 1. The molecular weight excluding hydrogens is 248 g/mol. The van der Waals surface area contributed by atoms with Crippen LogP contribution in [0.1, 0.15) is 18.9 Å². The van der Waals surface area contributed by atoms with Crippen LogP contribution in [0.5, 0.6) is 5.75 Å². The molecule has 0 unspecified atom stereocenters. The molecule has 0 aliphatic heterocycles. The Morgan fingerprint density at radius 2 is 2.00 bits per heavy atom. The quantitative estimate of drug-likeness (QED) is 0.765. The van der Waals surface area contributed by atoms with E-state index < -0.39 is 0 Å². The van der Waals surface area contributed by atoms with Gasteiger partial charge in [-0.05, 0) is 6.42 Å². The Morgan fingerprint density at radius 1 is 1.28 bits per heavy atom. The van der Waals surface area contributed by atoms with Gasteiger partial charge in [-0.3, -0.25) is 0 Å². The fourth-order valence-electron chi connectivity index (χ4n) is 2.30. The van der Waals surface area contributed by atoms with Gasteiger partial charge in [0.05, 0.1) is 4.70 Å². The normalized spacial score (nSPS) is 11.4. The molecule has 0 saturated carbocycles. The predicted octanol–water partition coefficient (Wildman–Crippen LogP) is 3.67. The largest absolute Gasteiger partial charge is 0.507 e. The van der Waals surface area contributed by atoms with E-state index in [1.807, 2.05) is 31.2 Å². The van der Waals surface area contributed by atoms with Crippen molar-refractivity contribution >= 4 is 32.4 Å². The Kier molecular flexibility index (Phi) is 2.59. The monoisotopic (exact) mass is 260 g/mol. The number of hydrogen-bond donors (Lipinski definition) is 1. The molecule has 92 valence electrons. The van der Waals surface area contributed by atoms with Gasteiger partial charge in [-0.25, -0.2) is 4.79 Å². The van der Waals surface area contributed by atoms with Crippen LogP contribution in [-0.4, -0.2) is 5.11 Å². The molecule has 4 heteroatoms. The lowest BCUT2D eigenvalue weighted by Crippen LogP contribution is -1.87. The van der Waals surface area contributed by atoms with Gasteiger partial charge in [0.1, 0.15) is 5.75 Å². The fourth-order valence-corrected chi connectivity index (χ4v) is 3.15. The molecule has 2 aromatic carbocycles. The number of aryl methyl sites for hydroxylation is 1. The summed E-state index contributed by atoms with van der Waals surface area (Å²) in [4.78, 5) is 11.1. The Balaban J connectivity index is 2.56. The van der Waals surface area contributed by atoms with Crippen LogP contribution in [-0.2, 0) is 6.42 Å². The number of benzene rings is 2.